The summed E-state index contributed by atoms with van der Waals surface area (Å²) in [6, 6.07) is 8.16. The Bertz CT molecular complexity index is 865. The number of fused-ring (bicyclic) bond motifs is 2. The van der Waals surface area contributed by atoms with Crippen molar-refractivity contribution in [3.63, 3.8) is 0 Å². The molecular formula is C13H12N6O. The van der Waals surface area contributed by atoms with Crippen molar-refractivity contribution in [2.24, 2.45) is 0 Å². The molecule has 3 heterocycles. The highest BCUT2D eigenvalue weighted by molar-refractivity contribution is 5.72. The Hall–Kier alpha value is -2.83. The van der Waals surface area contributed by atoms with E-state index in [0.717, 1.165) is 18.7 Å². The van der Waals surface area contributed by atoms with E-state index < -0.39 is 0 Å². The quantitative estimate of drug-likeness (QED) is 0.671. The number of para-hydroxylation sites is 1. The van der Waals surface area contributed by atoms with E-state index in [1.54, 1.807) is 11.0 Å². The molecule has 0 saturated carbocycles. The summed E-state index contributed by atoms with van der Waals surface area (Å²) in [7, 11) is 0. The molecule has 0 unspecified atom stereocenters. The lowest BCUT2D eigenvalue weighted by Crippen LogP contribution is -2.27. The normalized spacial score (nSPS) is 13.9. The summed E-state index contributed by atoms with van der Waals surface area (Å²) < 4.78 is 1.78. The second kappa shape index (κ2) is 3.83. The molecule has 0 radical (unpaired) electrons. The number of aromatic amines is 1. The Kier molecular flexibility index (Phi) is 2.11. The van der Waals surface area contributed by atoms with Crippen LogP contribution in [0.4, 0.5) is 11.6 Å². The highest BCUT2D eigenvalue weighted by atomic mass is 16.1. The second-order valence-corrected chi connectivity index (χ2v) is 4.71. The van der Waals surface area contributed by atoms with E-state index in [9.17, 15) is 4.79 Å². The average molecular weight is 268 g/mol. The van der Waals surface area contributed by atoms with E-state index in [2.05, 4.69) is 26.0 Å². The highest BCUT2D eigenvalue weighted by Gasteiger charge is 2.22. The standard InChI is InChI=1S/C13H12N6O/c14-13-16-11-10(12(20)17-13)15-7-19(11)18-6-5-8-3-1-2-4-9(8)18/h1-4,7H,5-6H2,(H3,14,16,17,20). The molecule has 3 N–H and O–H groups in total. The van der Waals surface area contributed by atoms with Crippen LogP contribution in [0.1, 0.15) is 5.56 Å². The number of nitrogens with zero attached hydrogens (tertiary/aromatic N) is 4. The SMILES string of the molecule is Nc1nc2c(ncn2N2CCc3ccccc32)c(=O)[nH]1. The predicted molar refractivity (Wildman–Crippen MR) is 75.5 cm³/mol. The van der Waals surface area contributed by atoms with Crippen LogP contribution in [0.5, 0.6) is 0 Å². The molecule has 0 atom stereocenters. The third kappa shape index (κ3) is 1.43. The smallest absolute Gasteiger partial charge is 0.280 e. The van der Waals surface area contributed by atoms with Crippen molar-refractivity contribution in [2.45, 2.75) is 6.42 Å². The van der Waals surface area contributed by atoms with Crippen molar-refractivity contribution < 1.29 is 0 Å². The first-order valence-electron chi connectivity index (χ1n) is 6.32. The van der Waals surface area contributed by atoms with E-state index in [1.807, 2.05) is 18.2 Å². The zero-order chi connectivity index (χ0) is 13.7. The lowest BCUT2D eigenvalue weighted by Gasteiger charge is -2.20. The molecule has 1 aliphatic heterocycles. The zero-order valence-corrected chi connectivity index (χ0v) is 10.6. The molecule has 20 heavy (non-hydrogen) atoms. The van der Waals surface area contributed by atoms with Crippen LogP contribution in [-0.4, -0.2) is 26.2 Å². The molecule has 0 saturated heterocycles. The largest absolute Gasteiger partial charge is 0.369 e. The van der Waals surface area contributed by atoms with E-state index in [1.165, 1.54) is 5.56 Å². The fourth-order valence-electron chi connectivity index (χ4n) is 2.64. The number of nitrogens with one attached hydrogen (secondary N) is 1. The van der Waals surface area contributed by atoms with Gasteiger partial charge < -0.3 is 5.73 Å². The van der Waals surface area contributed by atoms with Gasteiger partial charge in [0.15, 0.2) is 11.2 Å². The van der Waals surface area contributed by atoms with Crippen LogP contribution in [0.25, 0.3) is 11.2 Å². The Balaban J connectivity index is 1.95. The molecule has 0 amide bonds. The van der Waals surface area contributed by atoms with Crippen molar-refractivity contribution in [3.05, 3.63) is 46.5 Å². The maximum Gasteiger partial charge on any atom is 0.280 e. The average Bonchev–Trinajstić information content (AvgIpc) is 3.02. The number of nitrogens with two attached hydrogens (primary N) is 1. The minimum atomic E-state index is -0.321. The van der Waals surface area contributed by atoms with Gasteiger partial charge in [-0.2, -0.15) is 4.98 Å². The third-order valence-electron chi connectivity index (χ3n) is 3.53. The summed E-state index contributed by atoms with van der Waals surface area (Å²) in [5, 5.41) is 2.05. The van der Waals surface area contributed by atoms with Gasteiger partial charge in [-0.3, -0.25) is 14.8 Å². The molecule has 4 rings (SSSR count). The lowest BCUT2D eigenvalue weighted by atomic mass is 10.2. The molecule has 7 nitrogen and oxygen atoms in total. The van der Waals surface area contributed by atoms with Crippen LogP contribution in [0.15, 0.2) is 35.4 Å². The number of benzene rings is 1. The first-order valence-corrected chi connectivity index (χ1v) is 6.32. The van der Waals surface area contributed by atoms with Gasteiger partial charge in [0.2, 0.25) is 5.95 Å². The van der Waals surface area contributed by atoms with Gasteiger partial charge in [0, 0.05) is 6.54 Å². The highest BCUT2D eigenvalue weighted by Crippen LogP contribution is 2.28. The number of hydrogen-bond acceptors (Lipinski definition) is 5. The van der Waals surface area contributed by atoms with Crippen molar-refractivity contribution >= 4 is 22.8 Å². The molecule has 1 aliphatic rings. The van der Waals surface area contributed by atoms with Crippen LogP contribution in [0.2, 0.25) is 0 Å². The van der Waals surface area contributed by atoms with E-state index in [4.69, 9.17) is 5.73 Å². The van der Waals surface area contributed by atoms with Gasteiger partial charge in [0.05, 0.1) is 5.69 Å². The van der Waals surface area contributed by atoms with Gasteiger partial charge in [-0.15, -0.1) is 0 Å². The lowest BCUT2D eigenvalue weighted by molar-refractivity contribution is 0.733. The molecule has 0 aliphatic carbocycles. The van der Waals surface area contributed by atoms with E-state index >= 15 is 0 Å². The number of nitrogen functional groups attached to an aromatic ring is 1. The van der Waals surface area contributed by atoms with Crippen molar-refractivity contribution in [3.8, 4) is 0 Å². The topological polar surface area (TPSA) is 92.8 Å². The minimum Gasteiger partial charge on any atom is -0.369 e. The second-order valence-electron chi connectivity index (χ2n) is 4.71. The van der Waals surface area contributed by atoms with Gasteiger partial charge in [-0.1, -0.05) is 18.2 Å². The molecule has 1 aromatic carbocycles. The maximum atomic E-state index is 11.8. The van der Waals surface area contributed by atoms with Gasteiger partial charge in [0.25, 0.3) is 5.56 Å². The number of hydrogen-bond donors (Lipinski definition) is 2. The van der Waals surface area contributed by atoms with Crippen LogP contribution in [0, 0.1) is 0 Å². The fourth-order valence-corrected chi connectivity index (χ4v) is 2.64. The molecule has 7 heteroatoms. The summed E-state index contributed by atoms with van der Waals surface area (Å²) in [6.45, 7) is 0.819. The van der Waals surface area contributed by atoms with E-state index in [-0.39, 0.29) is 11.5 Å². The Morgan fingerprint density at radius 1 is 1.30 bits per heavy atom. The number of aromatic nitrogens is 4. The molecule has 100 valence electrons. The number of anilines is 2. The third-order valence-corrected chi connectivity index (χ3v) is 3.53. The van der Waals surface area contributed by atoms with Crippen molar-refractivity contribution in [2.75, 3.05) is 17.3 Å². The predicted octanol–water partition coefficient (Wildman–Crippen LogP) is 0.528. The van der Waals surface area contributed by atoms with Crippen LogP contribution < -0.4 is 16.3 Å². The number of imidazole rings is 1. The fraction of sp³-hybridized carbons (Fsp3) is 0.154. The summed E-state index contributed by atoms with van der Waals surface area (Å²) in [6.07, 6.45) is 2.56. The molecule has 0 fully saturated rings. The molecular weight excluding hydrogens is 256 g/mol. The Morgan fingerprint density at radius 3 is 3.05 bits per heavy atom. The van der Waals surface area contributed by atoms with Gasteiger partial charge in [0.1, 0.15) is 6.33 Å². The first kappa shape index (κ1) is 11.0. The summed E-state index contributed by atoms with van der Waals surface area (Å²) >= 11 is 0. The van der Waals surface area contributed by atoms with E-state index in [0.29, 0.717) is 11.2 Å². The molecule has 0 spiro atoms. The van der Waals surface area contributed by atoms with Crippen LogP contribution in [-0.2, 0) is 6.42 Å². The van der Waals surface area contributed by atoms with Gasteiger partial charge in [-0.05, 0) is 18.1 Å². The van der Waals surface area contributed by atoms with Crippen molar-refractivity contribution in [1.29, 1.82) is 0 Å². The number of H-pyrrole nitrogens is 1. The summed E-state index contributed by atoms with van der Waals surface area (Å²) in [4.78, 5) is 22.6. The summed E-state index contributed by atoms with van der Waals surface area (Å²) in [5.41, 5.74) is 8.44. The minimum absolute atomic E-state index is 0.0942. The summed E-state index contributed by atoms with van der Waals surface area (Å²) in [5.74, 6) is 0.0942. The maximum absolute atomic E-state index is 11.8. The monoisotopic (exact) mass is 268 g/mol. The van der Waals surface area contributed by atoms with Crippen molar-refractivity contribution in [1.82, 2.24) is 19.6 Å². The van der Waals surface area contributed by atoms with Gasteiger partial charge in [-0.25, -0.2) is 9.66 Å². The molecule has 2 aromatic heterocycles. The first-order chi connectivity index (χ1) is 9.74. The Morgan fingerprint density at radius 2 is 2.15 bits per heavy atom. The molecule has 3 aromatic rings. The molecule has 0 bridgehead atoms. The zero-order valence-electron chi connectivity index (χ0n) is 10.6. The number of rotatable bonds is 1. The van der Waals surface area contributed by atoms with Gasteiger partial charge >= 0.3 is 0 Å². The van der Waals surface area contributed by atoms with Crippen LogP contribution >= 0.6 is 0 Å². The Labute approximate surface area is 113 Å². The van der Waals surface area contributed by atoms with Crippen LogP contribution in [0.3, 0.4) is 0 Å².